The van der Waals surface area contributed by atoms with Gasteiger partial charge in [-0.15, -0.1) is 8.67 Å². The fraction of sp³-hybridized carbons (Fsp3) is 0. The van der Waals surface area contributed by atoms with Gasteiger partial charge < -0.3 is 10.6 Å². The van der Waals surface area contributed by atoms with Gasteiger partial charge in [0, 0.05) is 21.7 Å². The van der Waals surface area contributed by atoms with E-state index < -0.39 is 0 Å². The Hall–Kier alpha value is -3.02. The van der Waals surface area contributed by atoms with Gasteiger partial charge in [-0.25, -0.2) is 20.6 Å². The van der Waals surface area contributed by atoms with Crippen LogP contribution in [0.25, 0.3) is 10.8 Å². The van der Waals surface area contributed by atoms with Gasteiger partial charge in [0.1, 0.15) is 12.1 Å². The third kappa shape index (κ3) is 5.57. The highest BCUT2D eigenvalue weighted by Crippen LogP contribution is 2.35. The first kappa shape index (κ1) is 21.2. The lowest BCUT2D eigenvalue weighted by Gasteiger charge is -2.11. The molecule has 0 aliphatic heterocycles. The van der Waals surface area contributed by atoms with E-state index in [9.17, 15) is 0 Å². The van der Waals surface area contributed by atoms with Gasteiger partial charge in [0.2, 0.25) is 11.9 Å². The number of H-pyrrole nitrogens is 1. The van der Waals surface area contributed by atoms with Crippen molar-refractivity contribution in [1.29, 1.82) is 0 Å². The second-order valence-electron chi connectivity index (χ2n) is 5.66. The summed E-state index contributed by atoms with van der Waals surface area (Å²) in [5.74, 6) is 1.33. The number of rotatable bonds is 10. The summed E-state index contributed by atoms with van der Waals surface area (Å²) in [6.45, 7) is 0. The maximum atomic E-state index is 8.46. The summed E-state index contributed by atoms with van der Waals surface area (Å²) in [5.41, 5.74) is 0.709. The quantitative estimate of drug-likeness (QED) is 0.129. The van der Waals surface area contributed by atoms with E-state index in [4.69, 9.17) is 10.5 Å². The molecule has 2 aromatic heterocycles. The van der Waals surface area contributed by atoms with Gasteiger partial charge in [-0.05, 0) is 41.1 Å². The molecule has 0 bridgehead atoms. The predicted octanol–water partition coefficient (Wildman–Crippen LogP) is 4.09. The van der Waals surface area contributed by atoms with E-state index in [1.54, 1.807) is 24.4 Å². The fourth-order valence-corrected chi connectivity index (χ4v) is 3.69. The molecular weight excluding hydrogens is 450 g/mol. The molecule has 5 N–H and O–H groups in total. The number of nitrogens with one attached hydrogen (secondary N) is 3. The van der Waals surface area contributed by atoms with Gasteiger partial charge in [0.05, 0.1) is 24.1 Å². The van der Waals surface area contributed by atoms with Crippen LogP contribution in [-0.4, -0.2) is 35.7 Å². The topological polar surface area (TPSA) is 169 Å². The molecule has 0 aliphatic rings. The number of hydrogen-bond donors (Lipinski definition) is 5. The molecule has 0 unspecified atom stereocenters. The van der Waals surface area contributed by atoms with Crippen molar-refractivity contribution in [3.63, 3.8) is 0 Å². The Kier molecular flexibility index (Phi) is 7.07. The van der Waals surface area contributed by atoms with Crippen molar-refractivity contribution < 1.29 is 29.3 Å². The largest absolute Gasteiger partial charge is 0.324 e. The summed E-state index contributed by atoms with van der Waals surface area (Å²) in [5, 5.41) is 38.3. The zero-order chi connectivity index (χ0) is 21.5. The Labute approximate surface area is 182 Å². The molecule has 160 valence electrons. The third-order valence-corrected chi connectivity index (χ3v) is 4.98. The van der Waals surface area contributed by atoms with Crippen molar-refractivity contribution in [2.75, 3.05) is 10.6 Å². The Morgan fingerprint density at radius 3 is 2.61 bits per heavy atom. The molecule has 0 spiro atoms. The highest BCUT2D eigenvalue weighted by atomic mass is 32.2. The number of fused-ring (bicyclic) bond motifs is 1. The lowest BCUT2D eigenvalue weighted by molar-refractivity contribution is -0.432. The zero-order valence-corrected chi connectivity index (χ0v) is 16.9. The molecule has 0 aliphatic carbocycles. The fourth-order valence-electron chi connectivity index (χ4n) is 2.61. The average Bonchev–Trinajstić information content (AvgIpc) is 3.29. The van der Waals surface area contributed by atoms with Crippen molar-refractivity contribution in [2.24, 2.45) is 0 Å². The molecule has 0 fully saturated rings. The van der Waals surface area contributed by atoms with Crippen molar-refractivity contribution in [3.8, 4) is 0 Å². The molecule has 4 rings (SSSR count). The molecule has 0 radical (unpaired) electrons. The monoisotopic (exact) mass is 463 g/mol. The summed E-state index contributed by atoms with van der Waals surface area (Å²) in [7, 11) is 0. The van der Waals surface area contributed by atoms with E-state index in [0.29, 0.717) is 33.2 Å². The molecule has 0 saturated carbocycles. The first-order valence-corrected chi connectivity index (χ1v) is 9.83. The molecule has 0 atom stereocenters. The number of anilines is 4. The Morgan fingerprint density at radius 2 is 1.81 bits per heavy atom. The van der Waals surface area contributed by atoms with Crippen LogP contribution in [0, 0.1) is 0 Å². The SMILES string of the molecule is OOOSc1cc(SOOO)c2ccc(Nc3nccc(Nc4ncn[nH]4)n3)cc2c1. The predicted molar refractivity (Wildman–Crippen MR) is 110 cm³/mol. The smallest absolute Gasteiger partial charge is 0.229 e. The lowest BCUT2D eigenvalue weighted by atomic mass is 10.1. The van der Waals surface area contributed by atoms with Crippen molar-refractivity contribution in [1.82, 2.24) is 25.1 Å². The maximum Gasteiger partial charge on any atom is 0.229 e. The molecule has 31 heavy (non-hydrogen) atoms. The highest BCUT2D eigenvalue weighted by Gasteiger charge is 2.10. The number of hydrogen-bond acceptors (Lipinski definition) is 14. The summed E-state index contributed by atoms with van der Waals surface area (Å²) in [6.07, 6.45) is 2.98. The molecule has 2 aromatic carbocycles. The molecular formula is C16H13N7O6S2. The number of benzene rings is 2. The zero-order valence-electron chi connectivity index (χ0n) is 15.3. The van der Waals surface area contributed by atoms with Gasteiger partial charge in [0.15, 0.2) is 0 Å². The van der Waals surface area contributed by atoms with Gasteiger partial charge in [-0.2, -0.15) is 15.1 Å². The maximum absolute atomic E-state index is 8.46. The Balaban J connectivity index is 1.59. The van der Waals surface area contributed by atoms with E-state index in [2.05, 4.69) is 54.5 Å². The van der Waals surface area contributed by atoms with Crippen LogP contribution in [0.3, 0.4) is 0 Å². The normalized spacial score (nSPS) is 11.0. The summed E-state index contributed by atoms with van der Waals surface area (Å²) >= 11 is 1.58. The third-order valence-electron chi connectivity index (χ3n) is 3.78. The van der Waals surface area contributed by atoms with Crippen LogP contribution in [-0.2, 0) is 18.7 Å². The lowest BCUT2D eigenvalue weighted by Crippen LogP contribution is -2.01. The molecule has 2 heterocycles. The van der Waals surface area contributed by atoms with E-state index >= 15 is 0 Å². The highest BCUT2D eigenvalue weighted by molar-refractivity contribution is 7.95. The Morgan fingerprint density at radius 1 is 0.935 bits per heavy atom. The van der Waals surface area contributed by atoms with Crippen molar-refractivity contribution >= 4 is 58.3 Å². The van der Waals surface area contributed by atoms with Crippen LogP contribution >= 0.6 is 24.1 Å². The first-order valence-electron chi connectivity index (χ1n) is 8.35. The van der Waals surface area contributed by atoms with E-state index in [1.807, 2.05) is 18.2 Å². The van der Waals surface area contributed by atoms with E-state index in [0.717, 1.165) is 34.9 Å². The van der Waals surface area contributed by atoms with E-state index in [-0.39, 0.29) is 0 Å². The molecule has 0 saturated heterocycles. The number of aromatic amines is 1. The second-order valence-corrected chi connectivity index (χ2v) is 7.18. The van der Waals surface area contributed by atoms with Gasteiger partial charge >= 0.3 is 0 Å². The van der Waals surface area contributed by atoms with Gasteiger partial charge in [0.25, 0.3) is 0 Å². The standard InChI is InChI=1S/C16H13N7O6S2/c24-26-28-30-11-6-9-5-10(1-2-12(9)13(7-11)31-29-27-25)20-15-17-4-3-14(21-15)22-16-18-8-19-23-16/h1-8,24-25H,(H3,17,18,19,20,21,22,23). The van der Waals surface area contributed by atoms with Crippen molar-refractivity contribution in [3.05, 3.63) is 48.9 Å². The Bertz CT molecular complexity index is 1150. The minimum Gasteiger partial charge on any atom is -0.324 e. The van der Waals surface area contributed by atoms with E-state index in [1.165, 1.54) is 6.33 Å². The summed E-state index contributed by atoms with van der Waals surface area (Å²) in [4.78, 5) is 13.8. The van der Waals surface area contributed by atoms with Crippen LogP contribution in [0.5, 0.6) is 0 Å². The van der Waals surface area contributed by atoms with Crippen LogP contribution in [0.15, 0.2) is 58.7 Å². The van der Waals surface area contributed by atoms with Crippen LogP contribution < -0.4 is 10.6 Å². The number of nitrogens with zero attached hydrogens (tertiary/aromatic N) is 4. The minimum atomic E-state index is 0.359. The second kappa shape index (κ2) is 10.3. The van der Waals surface area contributed by atoms with Crippen LogP contribution in [0.1, 0.15) is 0 Å². The molecule has 13 nitrogen and oxygen atoms in total. The van der Waals surface area contributed by atoms with Crippen LogP contribution in [0.4, 0.5) is 23.4 Å². The summed E-state index contributed by atoms with van der Waals surface area (Å²) < 4.78 is 9.05. The number of aromatic nitrogens is 5. The first-order chi connectivity index (χ1) is 15.2. The molecule has 15 heteroatoms. The van der Waals surface area contributed by atoms with Crippen LogP contribution in [0.2, 0.25) is 0 Å². The molecule has 0 amide bonds. The average molecular weight is 463 g/mol. The minimum absolute atomic E-state index is 0.359. The molecule has 4 aromatic rings. The summed E-state index contributed by atoms with van der Waals surface area (Å²) in [6, 6.07) is 10.7. The van der Waals surface area contributed by atoms with Crippen molar-refractivity contribution in [2.45, 2.75) is 9.79 Å². The van der Waals surface area contributed by atoms with Gasteiger partial charge in [-0.3, -0.25) is 0 Å². The van der Waals surface area contributed by atoms with Gasteiger partial charge in [-0.1, -0.05) is 16.1 Å².